The van der Waals surface area contributed by atoms with E-state index in [1.54, 1.807) is 11.5 Å². The summed E-state index contributed by atoms with van der Waals surface area (Å²) in [6.07, 6.45) is 8.51. The van der Waals surface area contributed by atoms with Gasteiger partial charge in [-0.05, 0) is 39.5 Å². The van der Waals surface area contributed by atoms with E-state index in [2.05, 4.69) is 10.2 Å². The number of hydrogen-bond donors (Lipinski definition) is 0. The van der Waals surface area contributed by atoms with Crippen molar-refractivity contribution in [3.05, 3.63) is 38.8 Å². The molecule has 1 aromatic carbocycles. The first kappa shape index (κ1) is 16.1. The van der Waals surface area contributed by atoms with Crippen molar-refractivity contribution in [1.29, 1.82) is 0 Å². The third-order valence-corrected chi connectivity index (χ3v) is 5.57. The zero-order valence-electron chi connectivity index (χ0n) is 12.9. The Balaban J connectivity index is 1.96. The van der Waals surface area contributed by atoms with Gasteiger partial charge < -0.3 is 4.74 Å². The minimum atomic E-state index is 0.0740. The molecule has 118 valence electrons. The van der Waals surface area contributed by atoms with Crippen molar-refractivity contribution >= 4 is 34.7 Å². The molecule has 0 radical (unpaired) electrons. The predicted octanol–water partition coefficient (Wildman–Crippen LogP) is 5.39. The quantitative estimate of drug-likeness (QED) is 0.530. The van der Waals surface area contributed by atoms with Gasteiger partial charge in [-0.2, -0.15) is 0 Å². The summed E-state index contributed by atoms with van der Waals surface area (Å²) in [4.78, 5) is 1.48. The van der Waals surface area contributed by atoms with Crippen LogP contribution in [-0.2, 0) is 12.8 Å². The Hall–Kier alpha value is -0.770. The van der Waals surface area contributed by atoms with Crippen molar-refractivity contribution in [2.24, 2.45) is 0 Å². The largest absolute Gasteiger partial charge is 0.489 e. The van der Waals surface area contributed by atoms with Gasteiger partial charge in [0.25, 0.3) is 0 Å². The van der Waals surface area contributed by atoms with Gasteiger partial charge in [-0.1, -0.05) is 29.6 Å². The second-order valence-corrected chi connectivity index (χ2v) is 7.84. The number of nitrogens with zero attached hydrogens (tertiary/aromatic N) is 1. The van der Waals surface area contributed by atoms with Gasteiger partial charge in [-0.15, -0.1) is 3.96 Å². The normalized spacial score (nSPS) is 14.8. The van der Waals surface area contributed by atoms with Crippen LogP contribution in [0.5, 0.6) is 5.75 Å². The molecule has 0 fully saturated rings. The fraction of sp³-hybridized carbons (Fsp3) is 0.471. The maximum absolute atomic E-state index is 6.46. The van der Waals surface area contributed by atoms with Gasteiger partial charge >= 0.3 is 0 Å². The highest BCUT2D eigenvalue weighted by atomic mass is 35.5. The van der Waals surface area contributed by atoms with E-state index in [0.717, 1.165) is 5.69 Å². The van der Waals surface area contributed by atoms with E-state index in [1.165, 1.54) is 42.5 Å². The third kappa shape index (κ3) is 3.42. The first-order valence-electron chi connectivity index (χ1n) is 7.74. The summed E-state index contributed by atoms with van der Waals surface area (Å²) in [5.74, 6) is 0.643. The summed E-state index contributed by atoms with van der Waals surface area (Å²) in [6.45, 7) is 3.95. The number of rotatable bonds is 3. The van der Waals surface area contributed by atoms with Gasteiger partial charge in [0.05, 0.1) is 16.0 Å². The number of halogens is 2. The van der Waals surface area contributed by atoms with Gasteiger partial charge in [-0.25, -0.2) is 0 Å². The lowest BCUT2D eigenvalue weighted by molar-refractivity contribution is -0.520. The monoisotopic (exact) mass is 356 g/mol. The molecule has 22 heavy (non-hydrogen) atoms. The molecule has 0 N–H and O–H groups in total. The topological polar surface area (TPSA) is 13.1 Å². The summed E-state index contributed by atoms with van der Waals surface area (Å²) >= 11 is 14.6. The molecule has 3 rings (SSSR count). The van der Waals surface area contributed by atoms with E-state index in [4.69, 9.17) is 27.9 Å². The highest BCUT2D eigenvalue weighted by Crippen LogP contribution is 2.33. The van der Waals surface area contributed by atoms with Gasteiger partial charge in [-0.3, -0.25) is 0 Å². The molecule has 0 amide bonds. The fourth-order valence-corrected chi connectivity index (χ4v) is 4.43. The van der Waals surface area contributed by atoms with Crippen molar-refractivity contribution in [2.45, 2.75) is 52.1 Å². The summed E-state index contributed by atoms with van der Waals surface area (Å²) in [5.41, 5.74) is 2.39. The number of ether oxygens (including phenoxy) is 1. The smallest absolute Gasteiger partial charge is 0.245 e. The second-order valence-electron chi connectivity index (χ2n) is 5.96. The van der Waals surface area contributed by atoms with Crippen molar-refractivity contribution < 1.29 is 8.69 Å². The zero-order valence-corrected chi connectivity index (χ0v) is 15.2. The van der Waals surface area contributed by atoms with Crippen LogP contribution in [0.1, 0.15) is 43.6 Å². The number of aryl methyl sites for hydroxylation is 2. The summed E-state index contributed by atoms with van der Waals surface area (Å²) in [7, 11) is 0. The van der Waals surface area contributed by atoms with Crippen LogP contribution in [0, 0.1) is 0 Å². The number of benzene rings is 1. The first-order valence-corrected chi connectivity index (χ1v) is 9.27. The molecule has 0 saturated carbocycles. The SMILES string of the molecule is CC(C)Oc1cc(Cl)c(-[n+]2cc3c(s2)CCCCC3)cc1Cl. The van der Waals surface area contributed by atoms with E-state index in [1.807, 2.05) is 26.0 Å². The highest BCUT2D eigenvalue weighted by Gasteiger charge is 2.23. The van der Waals surface area contributed by atoms with Gasteiger partial charge in [0, 0.05) is 17.7 Å². The second kappa shape index (κ2) is 6.77. The number of hydrogen-bond acceptors (Lipinski definition) is 2. The first-order chi connectivity index (χ1) is 10.5. The van der Waals surface area contributed by atoms with Crippen LogP contribution in [-0.4, -0.2) is 6.10 Å². The predicted molar refractivity (Wildman–Crippen MR) is 92.9 cm³/mol. The molecule has 2 nitrogen and oxygen atoms in total. The molecule has 1 aliphatic carbocycles. The molecule has 2 aromatic rings. The Labute approximate surface area is 145 Å². The molecule has 1 aliphatic rings. The summed E-state index contributed by atoms with van der Waals surface area (Å²) in [5, 5.41) is 1.27. The number of fused-ring (bicyclic) bond motifs is 1. The van der Waals surface area contributed by atoms with E-state index < -0.39 is 0 Å². The van der Waals surface area contributed by atoms with Gasteiger partial charge in [0.2, 0.25) is 5.69 Å². The van der Waals surface area contributed by atoms with Crippen LogP contribution in [0.4, 0.5) is 0 Å². The van der Waals surface area contributed by atoms with Crippen LogP contribution < -0.4 is 8.69 Å². The Bertz CT molecular complexity index is 658. The molecule has 0 atom stereocenters. The van der Waals surface area contributed by atoms with Crippen molar-refractivity contribution in [2.75, 3.05) is 0 Å². The Morgan fingerprint density at radius 2 is 1.86 bits per heavy atom. The molecule has 0 bridgehead atoms. The summed E-state index contributed by atoms with van der Waals surface area (Å²) in [6, 6.07) is 3.72. The molecule has 1 aromatic heterocycles. The average Bonchev–Trinajstić information content (AvgIpc) is 2.73. The minimum Gasteiger partial charge on any atom is -0.489 e. The van der Waals surface area contributed by atoms with E-state index in [9.17, 15) is 0 Å². The van der Waals surface area contributed by atoms with Crippen molar-refractivity contribution in [3.63, 3.8) is 0 Å². The van der Waals surface area contributed by atoms with Crippen LogP contribution in [0.25, 0.3) is 5.69 Å². The number of aromatic nitrogens is 1. The lowest BCUT2D eigenvalue weighted by Gasteiger charge is -2.11. The molecular formula is C17H20Cl2NOS+. The van der Waals surface area contributed by atoms with Crippen molar-refractivity contribution in [3.8, 4) is 11.4 Å². The Kier molecular flexibility index (Phi) is 4.96. The Morgan fingerprint density at radius 1 is 1.09 bits per heavy atom. The molecular weight excluding hydrogens is 337 g/mol. The molecule has 1 heterocycles. The molecule has 0 aliphatic heterocycles. The third-order valence-electron chi connectivity index (χ3n) is 3.79. The van der Waals surface area contributed by atoms with Gasteiger partial charge in [0.15, 0.2) is 6.20 Å². The maximum Gasteiger partial charge on any atom is 0.245 e. The lowest BCUT2D eigenvalue weighted by atomic mass is 10.2. The van der Waals surface area contributed by atoms with Gasteiger partial charge in [0.1, 0.15) is 22.3 Å². The fourth-order valence-electron chi connectivity index (χ4n) is 2.76. The Morgan fingerprint density at radius 3 is 2.64 bits per heavy atom. The molecule has 0 unspecified atom stereocenters. The lowest BCUT2D eigenvalue weighted by Crippen LogP contribution is -2.24. The van der Waals surface area contributed by atoms with Crippen molar-refractivity contribution in [1.82, 2.24) is 0 Å². The standard InChI is InChI=1S/C17H20Cl2NOS/c1-11(2)21-16-9-13(18)15(8-14(16)19)20-10-12-6-4-3-5-7-17(12)22-20/h8-11H,3-7H2,1-2H3/q+1. The van der Waals surface area contributed by atoms with E-state index in [0.29, 0.717) is 15.8 Å². The van der Waals surface area contributed by atoms with Crippen LogP contribution >= 0.6 is 34.7 Å². The highest BCUT2D eigenvalue weighted by molar-refractivity contribution is 7.02. The average molecular weight is 357 g/mol. The van der Waals surface area contributed by atoms with Crippen LogP contribution in [0.2, 0.25) is 10.0 Å². The van der Waals surface area contributed by atoms with Crippen LogP contribution in [0.15, 0.2) is 18.3 Å². The minimum absolute atomic E-state index is 0.0740. The maximum atomic E-state index is 6.46. The molecule has 0 saturated heterocycles. The molecule has 0 spiro atoms. The zero-order chi connectivity index (χ0) is 15.7. The van der Waals surface area contributed by atoms with E-state index in [-0.39, 0.29) is 6.10 Å². The van der Waals surface area contributed by atoms with E-state index >= 15 is 0 Å². The molecule has 5 heteroatoms. The van der Waals surface area contributed by atoms with Crippen LogP contribution in [0.3, 0.4) is 0 Å². The summed E-state index contributed by atoms with van der Waals surface area (Å²) < 4.78 is 7.83.